The molecule has 1 aliphatic rings. The molecule has 5 rings (SSSR count). The van der Waals surface area contributed by atoms with Crippen LogP contribution in [0.4, 0.5) is 22.0 Å². The number of alkyl halides is 5. The van der Waals surface area contributed by atoms with Crippen LogP contribution in [-0.2, 0) is 11.3 Å². The Bertz CT molecular complexity index is 1550. The molecule has 0 radical (unpaired) electrons. The molecule has 0 unspecified atom stereocenters. The number of aromatic carboxylic acids is 1. The van der Waals surface area contributed by atoms with Gasteiger partial charge in [-0.2, -0.15) is 13.2 Å². The van der Waals surface area contributed by atoms with E-state index in [1.807, 2.05) is 59.5 Å². The van der Waals surface area contributed by atoms with Crippen LogP contribution in [-0.4, -0.2) is 62.2 Å². The standard InChI is InChI=1S/C27H25F2N3O2.C2HF3O2/c1-17-30-24-14-22(13-23(26(33)34)25(24)31-17)21-9-7-20(8-10-21)19-5-3-18(4-6-19)15-32-12-2-11-27(28,29)16-32;3-2(4,5)1(6)7/h3-10,13-14H,2,11-12,15-16H2,1H3,(H,30,31)(H,33,34);(H,6,7). The van der Waals surface area contributed by atoms with Crippen LogP contribution in [0.1, 0.15) is 34.6 Å². The second kappa shape index (κ2) is 11.7. The number of carbonyl (C=O) groups is 2. The lowest BCUT2D eigenvalue weighted by Crippen LogP contribution is -2.41. The summed E-state index contributed by atoms with van der Waals surface area (Å²) in [4.78, 5) is 29.9. The number of benzene rings is 3. The van der Waals surface area contributed by atoms with Crippen LogP contribution in [0.5, 0.6) is 0 Å². The zero-order chi connectivity index (χ0) is 29.9. The van der Waals surface area contributed by atoms with Crippen molar-refractivity contribution >= 4 is 23.0 Å². The van der Waals surface area contributed by atoms with Crippen molar-refractivity contribution in [3.8, 4) is 22.3 Å². The van der Waals surface area contributed by atoms with E-state index in [1.165, 1.54) is 0 Å². The third-order valence-corrected chi connectivity index (χ3v) is 6.56. The van der Waals surface area contributed by atoms with Gasteiger partial charge >= 0.3 is 18.1 Å². The number of piperidine rings is 1. The first-order valence-electron chi connectivity index (χ1n) is 12.6. The summed E-state index contributed by atoms with van der Waals surface area (Å²) < 4.78 is 59.1. The van der Waals surface area contributed by atoms with Crippen molar-refractivity contribution in [2.24, 2.45) is 0 Å². The van der Waals surface area contributed by atoms with E-state index in [1.54, 1.807) is 13.0 Å². The molecule has 3 N–H and O–H groups in total. The summed E-state index contributed by atoms with van der Waals surface area (Å²) in [6.45, 7) is 2.85. The lowest BCUT2D eigenvalue weighted by molar-refractivity contribution is -0.192. The molecule has 7 nitrogen and oxygen atoms in total. The summed E-state index contributed by atoms with van der Waals surface area (Å²) in [5, 5.41) is 16.7. The number of aromatic amines is 1. The van der Waals surface area contributed by atoms with Gasteiger partial charge in [0, 0.05) is 13.0 Å². The largest absolute Gasteiger partial charge is 0.490 e. The van der Waals surface area contributed by atoms with Gasteiger partial charge in [0.2, 0.25) is 0 Å². The summed E-state index contributed by atoms with van der Waals surface area (Å²) in [6.07, 6.45) is -4.58. The molecular weight excluding hydrogens is 549 g/mol. The smallest absolute Gasteiger partial charge is 0.478 e. The van der Waals surface area contributed by atoms with E-state index in [-0.39, 0.29) is 18.5 Å². The Morgan fingerprint density at radius 1 is 0.951 bits per heavy atom. The summed E-state index contributed by atoms with van der Waals surface area (Å²) >= 11 is 0. The van der Waals surface area contributed by atoms with Crippen LogP contribution in [0.3, 0.4) is 0 Å². The van der Waals surface area contributed by atoms with Crippen molar-refractivity contribution in [3.63, 3.8) is 0 Å². The molecule has 0 aliphatic carbocycles. The number of nitrogens with zero attached hydrogens (tertiary/aromatic N) is 2. The highest BCUT2D eigenvalue weighted by Gasteiger charge is 2.38. The molecule has 41 heavy (non-hydrogen) atoms. The lowest BCUT2D eigenvalue weighted by atomic mass is 9.98. The maximum atomic E-state index is 13.7. The maximum Gasteiger partial charge on any atom is 0.490 e. The average Bonchev–Trinajstić information content (AvgIpc) is 3.28. The minimum Gasteiger partial charge on any atom is -0.478 e. The monoisotopic (exact) mass is 575 g/mol. The molecule has 1 saturated heterocycles. The molecule has 0 spiro atoms. The Morgan fingerprint density at radius 3 is 2.00 bits per heavy atom. The predicted octanol–water partition coefficient (Wildman–Crippen LogP) is 6.77. The van der Waals surface area contributed by atoms with Gasteiger partial charge in [-0.05, 0) is 59.8 Å². The van der Waals surface area contributed by atoms with Crippen LogP contribution in [0.25, 0.3) is 33.3 Å². The first-order valence-corrected chi connectivity index (χ1v) is 12.6. The number of imidazole rings is 1. The zero-order valence-electron chi connectivity index (χ0n) is 21.8. The van der Waals surface area contributed by atoms with E-state index in [9.17, 15) is 31.9 Å². The van der Waals surface area contributed by atoms with Crippen molar-refractivity contribution in [2.75, 3.05) is 13.1 Å². The van der Waals surface area contributed by atoms with Crippen molar-refractivity contribution in [1.82, 2.24) is 14.9 Å². The molecule has 12 heteroatoms. The molecule has 216 valence electrons. The normalized spacial score (nSPS) is 15.3. The number of carboxylic acid groups (broad SMARTS) is 2. The van der Waals surface area contributed by atoms with Gasteiger partial charge in [-0.15, -0.1) is 0 Å². The zero-order valence-corrected chi connectivity index (χ0v) is 21.8. The fourth-order valence-corrected chi connectivity index (χ4v) is 4.67. The van der Waals surface area contributed by atoms with Gasteiger partial charge in [0.05, 0.1) is 17.6 Å². The second-order valence-electron chi connectivity index (χ2n) is 9.79. The van der Waals surface area contributed by atoms with Crippen molar-refractivity contribution in [3.05, 3.63) is 77.6 Å². The number of aromatic nitrogens is 2. The van der Waals surface area contributed by atoms with E-state index in [0.29, 0.717) is 36.4 Å². The summed E-state index contributed by atoms with van der Waals surface area (Å²) in [5.74, 6) is -5.69. The van der Waals surface area contributed by atoms with Gasteiger partial charge < -0.3 is 15.2 Å². The van der Waals surface area contributed by atoms with E-state index >= 15 is 0 Å². The Kier molecular flexibility index (Phi) is 8.43. The van der Waals surface area contributed by atoms with Crippen LogP contribution in [0.2, 0.25) is 0 Å². The number of fused-ring (bicyclic) bond motifs is 1. The average molecular weight is 576 g/mol. The molecule has 3 aromatic carbocycles. The van der Waals surface area contributed by atoms with Gasteiger partial charge in [0.15, 0.2) is 0 Å². The number of halogens is 5. The van der Waals surface area contributed by atoms with E-state index in [2.05, 4.69) is 9.97 Å². The van der Waals surface area contributed by atoms with Crippen LogP contribution < -0.4 is 0 Å². The summed E-state index contributed by atoms with van der Waals surface area (Å²) in [6, 6.07) is 19.5. The fourth-order valence-electron chi connectivity index (χ4n) is 4.67. The van der Waals surface area contributed by atoms with Gasteiger partial charge in [0.1, 0.15) is 11.3 Å². The van der Waals surface area contributed by atoms with Gasteiger partial charge in [-0.25, -0.2) is 23.4 Å². The Balaban J connectivity index is 0.000000493. The number of hydrogen-bond acceptors (Lipinski definition) is 4. The second-order valence-corrected chi connectivity index (χ2v) is 9.79. The maximum absolute atomic E-state index is 13.7. The Hall–Kier alpha value is -4.32. The molecule has 2 heterocycles. The first-order chi connectivity index (χ1) is 19.2. The third kappa shape index (κ3) is 7.46. The topological polar surface area (TPSA) is 107 Å². The fraction of sp³-hybridized carbons (Fsp3) is 0.276. The number of nitrogens with one attached hydrogen (secondary N) is 1. The molecular formula is C29H26F5N3O4. The summed E-state index contributed by atoms with van der Waals surface area (Å²) in [7, 11) is 0. The molecule has 0 bridgehead atoms. The van der Waals surface area contributed by atoms with Crippen molar-refractivity contribution in [1.29, 1.82) is 0 Å². The van der Waals surface area contributed by atoms with Crippen LogP contribution >= 0.6 is 0 Å². The van der Waals surface area contributed by atoms with Gasteiger partial charge in [0.25, 0.3) is 5.92 Å². The van der Waals surface area contributed by atoms with Gasteiger partial charge in [-0.3, -0.25) is 4.90 Å². The number of carboxylic acids is 2. The number of rotatable bonds is 5. The number of aliphatic carboxylic acids is 1. The molecule has 1 aromatic heterocycles. The molecule has 1 aliphatic heterocycles. The quantitative estimate of drug-likeness (QED) is 0.227. The summed E-state index contributed by atoms with van der Waals surface area (Å²) in [5.41, 5.74) is 6.10. The highest BCUT2D eigenvalue weighted by atomic mass is 19.4. The Morgan fingerprint density at radius 2 is 1.49 bits per heavy atom. The van der Waals surface area contributed by atoms with Crippen molar-refractivity contribution < 1.29 is 41.8 Å². The molecule has 0 saturated carbocycles. The van der Waals surface area contributed by atoms with Crippen molar-refractivity contribution in [2.45, 2.75) is 38.4 Å². The first kappa shape index (κ1) is 29.7. The Labute approximate surface area is 231 Å². The highest BCUT2D eigenvalue weighted by Crippen LogP contribution is 2.30. The SMILES string of the molecule is Cc1nc2c(C(=O)O)cc(-c3ccc(-c4ccc(CN5CCCC(F)(F)C5)cc4)cc3)cc2[nH]1.O=C(O)C(F)(F)F. The third-order valence-electron chi connectivity index (χ3n) is 6.56. The van der Waals surface area contributed by atoms with Gasteiger partial charge in [-0.1, -0.05) is 48.5 Å². The molecule has 0 amide bonds. The van der Waals surface area contributed by atoms with Crippen LogP contribution in [0, 0.1) is 6.92 Å². The highest BCUT2D eigenvalue weighted by molar-refractivity contribution is 6.03. The van der Waals surface area contributed by atoms with Crippen LogP contribution in [0.15, 0.2) is 60.7 Å². The lowest BCUT2D eigenvalue weighted by Gasteiger charge is -2.32. The molecule has 0 atom stereocenters. The predicted molar refractivity (Wildman–Crippen MR) is 142 cm³/mol. The number of hydrogen-bond donors (Lipinski definition) is 3. The number of likely N-dealkylation sites (tertiary alicyclic amines) is 1. The molecule has 4 aromatic rings. The minimum atomic E-state index is -5.08. The van der Waals surface area contributed by atoms with E-state index in [0.717, 1.165) is 27.8 Å². The molecule has 1 fully saturated rings. The minimum absolute atomic E-state index is 0.0224. The van der Waals surface area contributed by atoms with E-state index in [4.69, 9.17) is 9.90 Å². The van der Waals surface area contributed by atoms with E-state index < -0.39 is 24.0 Å². The number of H-pyrrole nitrogens is 1. The number of aryl methyl sites for hydroxylation is 1.